The van der Waals surface area contributed by atoms with Gasteiger partial charge in [0.15, 0.2) is 0 Å². The smallest absolute Gasteiger partial charge is 0.122 e. The van der Waals surface area contributed by atoms with Gasteiger partial charge in [0.1, 0.15) is 5.75 Å². The van der Waals surface area contributed by atoms with Crippen molar-refractivity contribution in [2.45, 2.75) is 25.8 Å². The molecule has 3 N–H and O–H groups in total. The molecule has 0 spiro atoms. The lowest BCUT2D eigenvalue weighted by Crippen LogP contribution is -2.33. The molecule has 1 aliphatic heterocycles. The maximum atomic E-state index is 5.82. The van der Waals surface area contributed by atoms with E-state index in [1.54, 1.807) is 0 Å². The normalized spacial score (nSPS) is 18.4. The summed E-state index contributed by atoms with van der Waals surface area (Å²) >= 11 is 0. The molecule has 0 saturated heterocycles. The average Bonchev–Trinajstić information content (AvgIpc) is 2.88. The van der Waals surface area contributed by atoms with Gasteiger partial charge in [-0.3, -0.25) is 11.3 Å². The molecule has 0 radical (unpaired) electrons. The Bertz CT molecular complexity index is 624. The molecule has 2 atom stereocenters. The second-order valence-electron chi connectivity index (χ2n) is 5.44. The van der Waals surface area contributed by atoms with E-state index in [-0.39, 0.29) is 12.0 Å². The van der Waals surface area contributed by atoms with Crippen LogP contribution in [0.3, 0.4) is 0 Å². The number of aryl methyl sites for hydroxylation is 2. The number of hydrazine groups is 1. The zero-order valence-corrected chi connectivity index (χ0v) is 11.9. The second-order valence-corrected chi connectivity index (χ2v) is 5.44. The Morgan fingerprint density at radius 1 is 1.15 bits per heavy atom. The van der Waals surface area contributed by atoms with Gasteiger partial charge in [0.05, 0.1) is 12.6 Å². The van der Waals surface area contributed by atoms with E-state index in [0.29, 0.717) is 6.61 Å². The van der Waals surface area contributed by atoms with Crippen LogP contribution in [-0.4, -0.2) is 6.61 Å². The molecule has 0 amide bonds. The highest BCUT2D eigenvalue weighted by molar-refractivity contribution is 5.43. The minimum Gasteiger partial charge on any atom is -0.493 e. The molecule has 3 heteroatoms. The van der Waals surface area contributed by atoms with Gasteiger partial charge in [0.2, 0.25) is 0 Å². The van der Waals surface area contributed by atoms with E-state index < -0.39 is 0 Å². The summed E-state index contributed by atoms with van der Waals surface area (Å²) in [6, 6.07) is 14.8. The number of nitrogens with one attached hydrogen (secondary N) is 1. The fraction of sp³-hybridized carbons (Fsp3) is 0.294. The Balaban J connectivity index is 1.97. The zero-order chi connectivity index (χ0) is 14.1. The first-order valence-corrected chi connectivity index (χ1v) is 6.95. The van der Waals surface area contributed by atoms with Crippen LogP contribution in [-0.2, 0) is 0 Å². The van der Waals surface area contributed by atoms with Gasteiger partial charge in [-0.05, 0) is 36.6 Å². The van der Waals surface area contributed by atoms with Crippen LogP contribution in [0.25, 0.3) is 0 Å². The lowest BCUT2D eigenvalue weighted by Gasteiger charge is -2.23. The maximum absolute atomic E-state index is 5.82. The van der Waals surface area contributed by atoms with Gasteiger partial charge in [-0.1, -0.05) is 36.4 Å². The summed E-state index contributed by atoms with van der Waals surface area (Å²) in [4.78, 5) is 0. The Labute approximate surface area is 119 Å². The van der Waals surface area contributed by atoms with Gasteiger partial charge in [-0.2, -0.15) is 0 Å². The molecular weight excluding hydrogens is 248 g/mol. The summed E-state index contributed by atoms with van der Waals surface area (Å²) in [6.07, 6.45) is 0. The van der Waals surface area contributed by atoms with Crippen molar-refractivity contribution < 1.29 is 4.74 Å². The van der Waals surface area contributed by atoms with Crippen LogP contribution in [0.15, 0.2) is 42.5 Å². The third kappa shape index (κ3) is 2.19. The topological polar surface area (TPSA) is 47.3 Å². The highest BCUT2D eigenvalue weighted by atomic mass is 16.5. The predicted octanol–water partition coefficient (Wildman–Crippen LogP) is 2.98. The number of ether oxygens (including phenoxy) is 1. The summed E-state index contributed by atoms with van der Waals surface area (Å²) in [7, 11) is 0. The Morgan fingerprint density at radius 2 is 1.95 bits per heavy atom. The lowest BCUT2D eigenvalue weighted by molar-refractivity contribution is 0.300. The molecular formula is C17H20N2O. The van der Waals surface area contributed by atoms with E-state index in [0.717, 1.165) is 5.75 Å². The number of fused-ring (bicyclic) bond motifs is 1. The highest BCUT2D eigenvalue weighted by Gasteiger charge is 2.31. The molecule has 2 aromatic carbocycles. The van der Waals surface area contributed by atoms with E-state index in [4.69, 9.17) is 10.6 Å². The largest absolute Gasteiger partial charge is 0.493 e. The summed E-state index contributed by atoms with van der Waals surface area (Å²) in [5, 5.41) is 0. The molecule has 2 unspecified atom stereocenters. The van der Waals surface area contributed by atoms with Crippen LogP contribution in [0.5, 0.6) is 5.75 Å². The molecule has 1 aliphatic rings. The number of hydrogen-bond acceptors (Lipinski definition) is 3. The van der Waals surface area contributed by atoms with Crippen LogP contribution in [0, 0.1) is 13.8 Å². The average molecular weight is 268 g/mol. The molecule has 2 aromatic rings. The first kappa shape index (κ1) is 13.2. The fourth-order valence-electron chi connectivity index (χ4n) is 2.87. The van der Waals surface area contributed by atoms with Gasteiger partial charge in [-0.25, -0.2) is 0 Å². The van der Waals surface area contributed by atoms with Gasteiger partial charge in [-0.15, -0.1) is 0 Å². The fourth-order valence-corrected chi connectivity index (χ4v) is 2.87. The van der Waals surface area contributed by atoms with Crippen molar-refractivity contribution in [1.29, 1.82) is 0 Å². The second kappa shape index (κ2) is 5.27. The van der Waals surface area contributed by atoms with Gasteiger partial charge in [0.25, 0.3) is 0 Å². The number of hydrogen-bond donors (Lipinski definition) is 2. The number of benzene rings is 2. The zero-order valence-electron chi connectivity index (χ0n) is 11.9. The standard InChI is InChI=1S/C17H20N2O/c1-11-7-8-13(9-12(11)2)17(19-18)15-10-20-16-6-4-3-5-14(15)16/h3-9,15,17,19H,10,18H2,1-2H3. The van der Waals surface area contributed by atoms with E-state index in [1.165, 1.54) is 22.3 Å². The number of para-hydroxylation sites is 1. The summed E-state index contributed by atoms with van der Waals surface area (Å²) < 4.78 is 5.77. The molecule has 0 saturated carbocycles. The van der Waals surface area contributed by atoms with Gasteiger partial charge < -0.3 is 4.74 Å². The Hall–Kier alpha value is -1.84. The quantitative estimate of drug-likeness (QED) is 0.664. The number of nitrogens with two attached hydrogens (primary N) is 1. The molecule has 104 valence electrons. The molecule has 20 heavy (non-hydrogen) atoms. The highest BCUT2D eigenvalue weighted by Crippen LogP contribution is 2.40. The third-order valence-electron chi connectivity index (χ3n) is 4.21. The van der Waals surface area contributed by atoms with Gasteiger partial charge >= 0.3 is 0 Å². The van der Waals surface area contributed by atoms with Gasteiger partial charge in [0, 0.05) is 11.5 Å². The number of rotatable bonds is 3. The van der Waals surface area contributed by atoms with Crippen LogP contribution in [0.4, 0.5) is 0 Å². The summed E-state index contributed by atoms with van der Waals surface area (Å²) in [6.45, 7) is 4.92. The van der Waals surface area contributed by atoms with Crippen molar-refractivity contribution in [3.63, 3.8) is 0 Å². The molecule has 1 heterocycles. The van der Waals surface area contributed by atoms with E-state index in [1.807, 2.05) is 12.1 Å². The summed E-state index contributed by atoms with van der Waals surface area (Å²) in [5.41, 5.74) is 7.99. The molecule has 0 bridgehead atoms. The molecule has 0 fully saturated rings. The maximum Gasteiger partial charge on any atom is 0.122 e. The van der Waals surface area contributed by atoms with Crippen molar-refractivity contribution in [1.82, 2.24) is 5.43 Å². The first-order chi connectivity index (χ1) is 9.70. The van der Waals surface area contributed by atoms with E-state index in [9.17, 15) is 0 Å². The van der Waals surface area contributed by atoms with Crippen LogP contribution >= 0.6 is 0 Å². The van der Waals surface area contributed by atoms with Crippen molar-refractivity contribution in [2.75, 3.05) is 6.61 Å². The minimum absolute atomic E-state index is 0.0675. The predicted molar refractivity (Wildman–Crippen MR) is 80.7 cm³/mol. The molecule has 3 rings (SSSR count). The van der Waals surface area contributed by atoms with Crippen LogP contribution in [0.1, 0.15) is 34.2 Å². The molecule has 3 nitrogen and oxygen atoms in total. The monoisotopic (exact) mass is 268 g/mol. The molecule has 0 aromatic heterocycles. The Kier molecular flexibility index (Phi) is 3.47. The SMILES string of the molecule is Cc1ccc(C(NN)C2COc3ccccc32)cc1C. The summed E-state index contributed by atoms with van der Waals surface area (Å²) in [5.74, 6) is 7.05. The van der Waals surface area contributed by atoms with Crippen molar-refractivity contribution in [3.05, 3.63) is 64.7 Å². The van der Waals surface area contributed by atoms with Crippen molar-refractivity contribution in [3.8, 4) is 5.75 Å². The first-order valence-electron chi connectivity index (χ1n) is 6.95. The van der Waals surface area contributed by atoms with Crippen molar-refractivity contribution in [2.24, 2.45) is 5.84 Å². The molecule has 0 aliphatic carbocycles. The minimum atomic E-state index is 0.0675. The third-order valence-corrected chi connectivity index (χ3v) is 4.21. The van der Waals surface area contributed by atoms with Crippen molar-refractivity contribution >= 4 is 0 Å². The Morgan fingerprint density at radius 3 is 2.70 bits per heavy atom. The van der Waals surface area contributed by atoms with E-state index in [2.05, 4.69) is 49.6 Å². The van der Waals surface area contributed by atoms with E-state index >= 15 is 0 Å². The van der Waals surface area contributed by atoms with Crippen LogP contribution < -0.4 is 16.0 Å². The van der Waals surface area contributed by atoms with Crippen LogP contribution in [0.2, 0.25) is 0 Å². The lowest BCUT2D eigenvalue weighted by atomic mass is 9.88.